The van der Waals surface area contributed by atoms with Crippen LogP contribution in [0.1, 0.15) is 12.8 Å². The molecule has 1 fully saturated rings. The number of carbonyl (C=O) groups excluding carboxylic acids is 1. The number of hydrogen-bond donors (Lipinski definition) is 0. The fourth-order valence-electron chi connectivity index (χ4n) is 0.844. The Bertz CT molecular complexity index is 98.7. The molecular formula is C6H10O2. The zero-order chi connectivity index (χ0) is 5.98. The quantitative estimate of drug-likeness (QED) is 0.525. The van der Waals surface area contributed by atoms with Gasteiger partial charge in [0.25, 0.3) is 0 Å². The lowest BCUT2D eigenvalue weighted by Gasteiger charge is -2.22. The maximum atomic E-state index is 10.5. The summed E-state index contributed by atoms with van der Waals surface area (Å²) in [6.45, 7) is 0.624. The van der Waals surface area contributed by atoms with Crippen LogP contribution in [0.3, 0.4) is 0 Å². The van der Waals surface area contributed by atoms with Crippen molar-refractivity contribution in [3.8, 4) is 0 Å². The lowest BCUT2D eigenvalue weighted by atomic mass is 9.85. The summed E-state index contributed by atoms with van der Waals surface area (Å²) in [5, 5.41) is 0. The molecule has 0 aromatic heterocycles. The van der Waals surface area contributed by atoms with E-state index in [9.17, 15) is 4.79 Å². The molecule has 0 bridgehead atoms. The van der Waals surface area contributed by atoms with Gasteiger partial charge in [-0.25, -0.2) is 0 Å². The third-order valence-corrected chi connectivity index (χ3v) is 1.56. The average Bonchev–Trinajstić information content (AvgIpc) is 1.79. The van der Waals surface area contributed by atoms with Gasteiger partial charge >= 0.3 is 0 Å². The fraction of sp³-hybridized carbons (Fsp3) is 0.833. The molecule has 1 rings (SSSR count). The summed E-state index contributed by atoms with van der Waals surface area (Å²) in [5.41, 5.74) is 0. The number of ether oxygens (including phenoxy) is 1. The van der Waals surface area contributed by atoms with Gasteiger partial charge in [0.2, 0.25) is 0 Å². The molecule has 0 aromatic rings. The first-order valence-corrected chi connectivity index (χ1v) is 2.86. The van der Waals surface area contributed by atoms with Crippen LogP contribution in [-0.4, -0.2) is 19.5 Å². The summed E-state index contributed by atoms with van der Waals surface area (Å²) in [5.74, 6) is 0.604. The van der Waals surface area contributed by atoms with Crippen LogP contribution in [0.5, 0.6) is 0 Å². The lowest BCUT2D eigenvalue weighted by molar-refractivity contribution is -0.131. The van der Waals surface area contributed by atoms with Crippen molar-refractivity contribution in [1.82, 2.24) is 0 Å². The van der Waals surface area contributed by atoms with E-state index in [0.29, 0.717) is 12.4 Å². The van der Waals surface area contributed by atoms with Crippen molar-refractivity contribution in [2.75, 3.05) is 13.7 Å². The van der Waals surface area contributed by atoms with E-state index in [0.717, 1.165) is 12.8 Å². The van der Waals surface area contributed by atoms with Crippen molar-refractivity contribution in [3.05, 3.63) is 0 Å². The first-order chi connectivity index (χ1) is 3.84. The maximum absolute atomic E-state index is 10.5. The summed E-state index contributed by atoms with van der Waals surface area (Å²) < 4.78 is 4.80. The van der Waals surface area contributed by atoms with E-state index in [-0.39, 0.29) is 5.92 Å². The molecule has 1 saturated carbocycles. The number of carbonyl (C=O) groups is 1. The molecule has 0 amide bonds. The molecule has 1 unspecified atom stereocenters. The molecule has 0 aliphatic heterocycles. The van der Waals surface area contributed by atoms with Crippen LogP contribution < -0.4 is 0 Å². The highest BCUT2D eigenvalue weighted by Crippen LogP contribution is 2.21. The van der Waals surface area contributed by atoms with Crippen LogP contribution in [0, 0.1) is 5.92 Å². The van der Waals surface area contributed by atoms with Crippen molar-refractivity contribution in [3.63, 3.8) is 0 Å². The number of ketones is 1. The van der Waals surface area contributed by atoms with Gasteiger partial charge in [0, 0.05) is 19.4 Å². The third-order valence-electron chi connectivity index (χ3n) is 1.56. The van der Waals surface area contributed by atoms with Gasteiger partial charge in [0.05, 0.1) is 6.61 Å². The van der Waals surface area contributed by atoms with Crippen molar-refractivity contribution in [2.45, 2.75) is 12.8 Å². The summed E-state index contributed by atoms with van der Waals surface area (Å²) in [6.07, 6.45) is 1.81. The zero-order valence-electron chi connectivity index (χ0n) is 5.02. The molecule has 1 aliphatic rings. The molecule has 8 heavy (non-hydrogen) atoms. The molecule has 1 atom stereocenters. The molecule has 0 heterocycles. The highest BCUT2D eigenvalue weighted by molar-refractivity contribution is 5.86. The van der Waals surface area contributed by atoms with Crippen LogP contribution in [0.4, 0.5) is 0 Å². The van der Waals surface area contributed by atoms with E-state index in [4.69, 9.17) is 4.74 Å². The molecule has 1 aliphatic carbocycles. The van der Waals surface area contributed by atoms with Crippen LogP contribution in [0.2, 0.25) is 0 Å². The minimum Gasteiger partial charge on any atom is -0.384 e. The Hall–Kier alpha value is -0.370. The SMILES string of the molecule is COCC1CCC1=O. The lowest BCUT2D eigenvalue weighted by Crippen LogP contribution is -2.29. The molecule has 0 radical (unpaired) electrons. The van der Waals surface area contributed by atoms with Crippen LogP contribution in [0.25, 0.3) is 0 Å². The number of methoxy groups -OCH3 is 1. The monoisotopic (exact) mass is 114 g/mol. The van der Waals surface area contributed by atoms with E-state index in [1.165, 1.54) is 0 Å². The van der Waals surface area contributed by atoms with E-state index >= 15 is 0 Å². The van der Waals surface area contributed by atoms with Crippen molar-refractivity contribution < 1.29 is 9.53 Å². The van der Waals surface area contributed by atoms with Gasteiger partial charge in [-0.05, 0) is 6.42 Å². The maximum Gasteiger partial charge on any atom is 0.138 e. The van der Waals surface area contributed by atoms with E-state index in [1.807, 2.05) is 0 Å². The fourth-order valence-corrected chi connectivity index (χ4v) is 0.844. The molecule has 0 N–H and O–H groups in total. The summed E-state index contributed by atoms with van der Waals surface area (Å²) in [6, 6.07) is 0. The first-order valence-electron chi connectivity index (χ1n) is 2.86. The van der Waals surface area contributed by atoms with Crippen LogP contribution in [0.15, 0.2) is 0 Å². The number of rotatable bonds is 2. The smallest absolute Gasteiger partial charge is 0.138 e. The van der Waals surface area contributed by atoms with E-state index in [1.54, 1.807) is 7.11 Å². The minimum atomic E-state index is 0.236. The van der Waals surface area contributed by atoms with Gasteiger partial charge in [-0.2, -0.15) is 0 Å². The second-order valence-electron chi connectivity index (χ2n) is 2.16. The van der Waals surface area contributed by atoms with Gasteiger partial charge in [-0.1, -0.05) is 0 Å². The molecule has 0 aromatic carbocycles. The van der Waals surface area contributed by atoms with Crippen LogP contribution in [-0.2, 0) is 9.53 Å². The highest BCUT2D eigenvalue weighted by atomic mass is 16.5. The molecule has 46 valence electrons. The van der Waals surface area contributed by atoms with Crippen molar-refractivity contribution >= 4 is 5.78 Å². The number of hydrogen-bond acceptors (Lipinski definition) is 2. The number of Topliss-reactive ketones (excluding diaryl/α,β-unsaturated/α-hetero) is 1. The highest BCUT2D eigenvalue weighted by Gasteiger charge is 2.27. The van der Waals surface area contributed by atoms with Gasteiger partial charge in [0.1, 0.15) is 5.78 Å². The van der Waals surface area contributed by atoms with Gasteiger partial charge in [0.15, 0.2) is 0 Å². The second-order valence-corrected chi connectivity index (χ2v) is 2.16. The Balaban J connectivity index is 2.17. The van der Waals surface area contributed by atoms with Crippen molar-refractivity contribution in [2.24, 2.45) is 5.92 Å². The third kappa shape index (κ3) is 0.892. The predicted octanol–water partition coefficient (Wildman–Crippen LogP) is 0.612. The Kier molecular flexibility index (Phi) is 1.63. The first kappa shape index (κ1) is 5.76. The van der Waals surface area contributed by atoms with Gasteiger partial charge < -0.3 is 4.74 Å². The summed E-state index contributed by atoms with van der Waals surface area (Å²) in [7, 11) is 1.63. The normalized spacial score (nSPS) is 27.6. The van der Waals surface area contributed by atoms with Crippen molar-refractivity contribution in [1.29, 1.82) is 0 Å². The molecule has 0 spiro atoms. The Labute approximate surface area is 48.8 Å². The minimum absolute atomic E-state index is 0.236. The Morgan fingerprint density at radius 1 is 1.88 bits per heavy atom. The Morgan fingerprint density at radius 2 is 2.62 bits per heavy atom. The molecule has 2 nitrogen and oxygen atoms in total. The van der Waals surface area contributed by atoms with Crippen LogP contribution >= 0.6 is 0 Å². The molecule has 2 heteroatoms. The van der Waals surface area contributed by atoms with Gasteiger partial charge in [-0.15, -0.1) is 0 Å². The van der Waals surface area contributed by atoms with E-state index < -0.39 is 0 Å². The topological polar surface area (TPSA) is 26.3 Å². The standard InChI is InChI=1S/C6H10O2/c1-8-4-5-2-3-6(5)7/h5H,2-4H2,1H3. The van der Waals surface area contributed by atoms with Gasteiger partial charge in [-0.3, -0.25) is 4.79 Å². The molecule has 0 saturated heterocycles. The average molecular weight is 114 g/mol. The molecular weight excluding hydrogens is 104 g/mol. The summed E-state index contributed by atoms with van der Waals surface area (Å²) in [4.78, 5) is 10.5. The Morgan fingerprint density at radius 3 is 2.75 bits per heavy atom. The van der Waals surface area contributed by atoms with E-state index in [2.05, 4.69) is 0 Å². The summed E-state index contributed by atoms with van der Waals surface area (Å²) >= 11 is 0. The predicted molar refractivity (Wildman–Crippen MR) is 29.6 cm³/mol. The largest absolute Gasteiger partial charge is 0.384 e. The zero-order valence-corrected chi connectivity index (χ0v) is 5.02. The second kappa shape index (κ2) is 2.27.